The Morgan fingerprint density at radius 1 is 1.10 bits per heavy atom. The lowest BCUT2D eigenvalue weighted by atomic mass is 9.77. The Morgan fingerprint density at radius 2 is 1.93 bits per heavy atom. The van der Waals surface area contributed by atoms with Crippen LogP contribution >= 0.6 is 0 Å². The molecule has 0 aliphatic carbocycles. The minimum atomic E-state index is 0.141. The molecule has 3 atom stereocenters. The van der Waals surface area contributed by atoms with Crippen LogP contribution in [0.1, 0.15) is 46.2 Å². The number of piperidine rings is 1. The fourth-order valence-electron chi connectivity index (χ4n) is 5.00. The van der Waals surface area contributed by atoms with E-state index in [1.165, 1.54) is 27.8 Å². The number of aryl methyl sites for hydroxylation is 2. The number of fused-ring (bicyclic) bond motifs is 3. The van der Waals surface area contributed by atoms with E-state index in [0.717, 1.165) is 37.4 Å². The molecule has 2 aliphatic rings. The van der Waals surface area contributed by atoms with Gasteiger partial charge >= 0.3 is 0 Å². The summed E-state index contributed by atoms with van der Waals surface area (Å²) in [5.41, 5.74) is 19.1. The molecule has 0 saturated carbocycles. The molecule has 5 nitrogen and oxygen atoms in total. The van der Waals surface area contributed by atoms with Crippen LogP contribution in [-0.4, -0.2) is 44.3 Å². The summed E-state index contributed by atoms with van der Waals surface area (Å²) < 4.78 is 11.4. The molecule has 2 aliphatic heterocycles. The van der Waals surface area contributed by atoms with Crippen LogP contribution in [0.3, 0.4) is 0 Å². The number of nitrogens with zero attached hydrogens (tertiary/aromatic N) is 1. The van der Waals surface area contributed by atoms with E-state index in [0.29, 0.717) is 25.1 Å². The van der Waals surface area contributed by atoms with E-state index in [9.17, 15) is 0 Å². The van der Waals surface area contributed by atoms with Crippen molar-refractivity contribution in [1.29, 1.82) is 0 Å². The number of methoxy groups -OCH3 is 1. The second kappa shape index (κ2) is 8.34. The van der Waals surface area contributed by atoms with Crippen molar-refractivity contribution in [1.82, 2.24) is 4.90 Å². The number of nitrogens with two attached hydrogens (primary N) is 2. The molecule has 2 aromatic rings. The first kappa shape index (κ1) is 20.2. The van der Waals surface area contributed by atoms with Crippen LogP contribution in [0, 0.1) is 13.8 Å². The lowest BCUT2D eigenvalue weighted by Crippen LogP contribution is -2.49. The summed E-state index contributed by atoms with van der Waals surface area (Å²) in [5, 5.41) is 0. The number of hydrogen-bond donors (Lipinski definition) is 2. The normalized spacial score (nSPS) is 24.0. The van der Waals surface area contributed by atoms with Crippen molar-refractivity contribution in [2.24, 2.45) is 11.5 Å². The largest absolute Gasteiger partial charge is 0.493 e. The van der Waals surface area contributed by atoms with Crippen LogP contribution in [0.4, 0.5) is 0 Å². The van der Waals surface area contributed by atoms with Crippen molar-refractivity contribution < 1.29 is 9.47 Å². The fraction of sp³-hybridized carbons (Fsp3) is 0.500. The molecule has 2 aromatic carbocycles. The summed E-state index contributed by atoms with van der Waals surface area (Å²) in [7, 11) is 1.70. The van der Waals surface area contributed by atoms with Crippen LogP contribution in [-0.2, 0) is 6.42 Å². The molecule has 2 heterocycles. The molecule has 29 heavy (non-hydrogen) atoms. The maximum absolute atomic E-state index is 6.76. The molecule has 156 valence electrons. The summed E-state index contributed by atoms with van der Waals surface area (Å²) >= 11 is 0. The predicted octanol–water partition coefficient (Wildman–Crippen LogP) is 3.06. The van der Waals surface area contributed by atoms with Gasteiger partial charge in [0.1, 0.15) is 6.61 Å². The lowest BCUT2D eigenvalue weighted by molar-refractivity contribution is 0.109. The van der Waals surface area contributed by atoms with Crippen molar-refractivity contribution >= 4 is 0 Å². The van der Waals surface area contributed by atoms with Gasteiger partial charge in [-0.3, -0.25) is 4.90 Å². The second-order valence-electron chi connectivity index (χ2n) is 8.47. The SMILES string of the molecule is COc1cc2c(cc1OCCN)CCN1C[C@H](c3cc(C)ccc3C)[C@@H](N)C[C@@H]21. The third kappa shape index (κ3) is 3.87. The Balaban J connectivity index is 1.62. The summed E-state index contributed by atoms with van der Waals surface area (Å²) in [4.78, 5) is 2.61. The Kier molecular flexibility index (Phi) is 5.81. The first-order valence-electron chi connectivity index (χ1n) is 10.6. The molecule has 0 amide bonds. The van der Waals surface area contributed by atoms with Gasteiger partial charge in [-0.1, -0.05) is 23.8 Å². The average Bonchev–Trinajstić information content (AvgIpc) is 2.72. The Bertz CT molecular complexity index is 883. The summed E-state index contributed by atoms with van der Waals surface area (Å²) in [6.07, 6.45) is 1.97. The molecule has 4 N–H and O–H groups in total. The van der Waals surface area contributed by atoms with E-state index < -0.39 is 0 Å². The summed E-state index contributed by atoms with van der Waals surface area (Å²) in [6, 6.07) is 11.5. The Labute approximate surface area is 174 Å². The zero-order chi connectivity index (χ0) is 20.5. The first-order valence-corrected chi connectivity index (χ1v) is 10.6. The van der Waals surface area contributed by atoms with Crippen LogP contribution in [0.2, 0.25) is 0 Å². The lowest BCUT2D eigenvalue weighted by Gasteiger charge is -2.46. The minimum Gasteiger partial charge on any atom is -0.493 e. The molecule has 0 unspecified atom stereocenters. The van der Waals surface area contributed by atoms with Gasteiger partial charge in [0, 0.05) is 37.6 Å². The van der Waals surface area contributed by atoms with E-state index in [-0.39, 0.29) is 6.04 Å². The molecule has 0 radical (unpaired) electrons. The predicted molar refractivity (Wildman–Crippen MR) is 117 cm³/mol. The number of benzene rings is 2. The van der Waals surface area contributed by atoms with Gasteiger partial charge in [0.25, 0.3) is 0 Å². The minimum absolute atomic E-state index is 0.141. The highest BCUT2D eigenvalue weighted by atomic mass is 16.5. The van der Waals surface area contributed by atoms with E-state index in [4.69, 9.17) is 20.9 Å². The van der Waals surface area contributed by atoms with Crippen molar-refractivity contribution in [3.05, 3.63) is 58.1 Å². The highest BCUT2D eigenvalue weighted by Crippen LogP contribution is 2.44. The van der Waals surface area contributed by atoms with Crippen LogP contribution in [0.25, 0.3) is 0 Å². The average molecular weight is 396 g/mol. The van der Waals surface area contributed by atoms with Crippen molar-refractivity contribution in [2.45, 2.75) is 44.7 Å². The van der Waals surface area contributed by atoms with Gasteiger partial charge in [-0.15, -0.1) is 0 Å². The maximum Gasteiger partial charge on any atom is 0.161 e. The molecule has 1 fully saturated rings. The van der Waals surface area contributed by atoms with Gasteiger partial charge in [-0.2, -0.15) is 0 Å². The van der Waals surface area contributed by atoms with Gasteiger partial charge < -0.3 is 20.9 Å². The highest BCUT2D eigenvalue weighted by molar-refractivity contribution is 5.50. The molecule has 0 spiro atoms. The van der Waals surface area contributed by atoms with Crippen LogP contribution < -0.4 is 20.9 Å². The van der Waals surface area contributed by atoms with Gasteiger partial charge in [0.2, 0.25) is 0 Å². The van der Waals surface area contributed by atoms with Crippen molar-refractivity contribution in [3.8, 4) is 11.5 Å². The van der Waals surface area contributed by atoms with Gasteiger partial charge in [-0.05, 0) is 61.1 Å². The Hall–Kier alpha value is -2.08. The Morgan fingerprint density at radius 3 is 2.69 bits per heavy atom. The van der Waals surface area contributed by atoms with E-state index in [1.54, 1.807) is 7.11 Å². The van der Waals surface area contributed by atoms with E-state index in [2.05, 4.69) is 49.1 Å². The van der Waals surface area contributed by atoms with Gasteiger partial charge in [0.15, 0.2) is 11.5 Å². The summed E-state index contributed by atoms with van der Waals surface area (Å²) in [6.45, 7) is 7.40. The van der Waals surface area contributed by atoms with E-state index in [1.807, 2.05) is 0 Å². The molecule has 4 rings (SSSR count). The third-order valence-corrected chi connectivity index (χ3v) is 6.55. The van der Waals surface area contributed by atoms with Crippen molar-refractivity contribution in [3.63, 3.8) is 0 Å². The van der Waals surface area contributed by atoms with Crippen molar-refractivity contribution in [2.75, 3.05) is 33.4 Å². The van der Waals surface area contributed by atoms with Gasteiger partial charge in [0.05, 0.1) is 7.11 Å². The number of rotatable bonds is 5. The molecule has 5 heteroatoms. The number of hydrogen-bond acceptors (Lipinski definition) is 5. The first-order chi connectivity index (χ1) is 14.0. The molecule has 1 saturated heterocycles. The standard InChI is InChI=1S/C24H33N3O2/c1-15-4-5-16(2)18(10-15)20-14-27-8-6-17-11-24(29-9-7-25)23(28-3)12-19(17)22(27)13-21(20)26/h4-5,10-12,20-22H,6-9,13-14,25-26H2,1-3H3/t20-,21+,22+/m1/s1. The summed E-state index contributed by atoms with van der Waals surface area (Å²) in [5.74, 6) is 1.95. The zero-order valence-corrected chi connectivity index (χ0v) is 17.8. The molecule has 0 bridgehead atoms. The second-order valence-corrected chi connectivity index (χ2v) is 8.47. The molecular weight excluding hydrogens is 362 g/mol. The van der Waals surface area contributed by atoms with Crippen LogP contribution in [0.15, 0.2) is 30.3 Å². The highest BCUT2D eigenvalue weighted by Gasteiger charge is 2.39. The fourth-order valence-corrected chi connectivity index (χ4v) is 5.00. The van der Waals surface area contributed by atoms with E-state index >= 15 is 0 Å². The topological polar surface area (TPSA) is 73.7 Å². The zero-order valence-electron chi connectivity index (χ0n) is 17.8. The van der Waals surface area contributed by atoms with Gasteiger partial charge in [-0.25, -0.2) is 0 Å². The van der Waals surface area contributed by atoms with Crippen LogP contribution in [0.5, 0.6) is 11.5 Å². The quantitative estimate of drug-likeness (QED) is 0.814. The monoisotopic (exact) mass is 395 g/mol. The number of ether oxygens (including phenoxy) is 2. The third-order valence-electron chi connectivity index (χ3n) is 6.55. The molecule has 0 aromatic heterocycles. The maximum atomic E-state index is 6.76. The molecular formula is C24H33N3O2. The smallest absolute Gasteiger partial charge is 0.161 e.